The lowest BCUT2D eigenvalue weighted by Crippen LogP contribution is -2.39. The molecule has 1 N–H and O–H groups in total. The molecule has 1 heterocycles. The minimum atomic E-state index is 0.157. The quantitative estimate of drug-likeness (QED) is 0.823. The Morgan fingerprint density at radius 3 is 2.62 bits per heavy atom. The second-order valence-electron chi connectivity index (χ2n) is 4.95. The van der Waals surface area contributed by atoms with E-state index in [2.05, 4.69) is 36.2 Å². The topological polar surface area (TPSA) is 60.2 Å². The lowest BCUT2D eigenvalue weighted by molar-refractivity contribution is 0.174. The van der Waals surface area contributed by atoms with Gasteiger partial charge in [0, 0.05) is 19.6 Å². The largest absolute Gasteiger partial charge is 0.377 e. The number of hydrogen-bond donors (Lipinski definition) is 1. The lowest BCUT2D eigenvalue weighted by Gasteiger charge is -2.29. The minimum absolute atomic E-state index is 0.157. The molecule has 0 radical (unpaired) electrons. The maximum absolute atomic E-state index is 5.16. The summed E-state index contributed by atoms with van der Waals surface area (Å²) >= 11 is 0. The van der Waals surface area contributed by atoms with Gasteiger partial charge in [0.05, 0.1) is 0 Å². The van der Waals surface area contributed by atoms with Crippen LogP contribution in [0.5, 0.6) is 0 Å². The van der Waals surface area contributed by atoms with Crippen LogP contribution < -0.4 is 5.32 Å². The number of likely N-dealkylation sites (N-methyl/N-ethyl adjacent to an activating group) is 1. The molecule has 5 heteroatoms. The Labute approximate surface area is 96.6 Å². The zero-order chi connectivity index (χ0) is 12.2. The van der Waals surface area contributed by atoms with Gasteiger partial charge in [0.15, 0.2) is 5.82 Å². The fourth-order valence-corrected chi connectivity index (χ4v) is 1.58. The molecule has 1 aromatic heterocycles. The number of nitrogens with one attached hydrogen (secondary N) is 1. The summed E-state index contributed by atoms with van der Waals surface area (Å²) in [5.41, 5.74) is 0.157. The van der Waals surface area contributed by atoms with Crippen LogP contribution in [0, 0.1) is 5.41 Å². The summed E-state index contributed by atoms with van der Waals surface area (Å²) < 4.78 is 10.1. The van der Waals surface area contributed by atoms with Gasteiger partial charge >= 0.3 is 0 Å². The van der Waals surface area contributed by atoms with Gasteiger partial charge in [-0.15, -0.1) is 0 Å². The number of ether oxygens (including phenoxy) is 1. The van der Waals surface area contributed by atoms with E-state index < -0.39 is 0 Å². The molecule has 5 nitrogen and oxygen atoms in total. The second-order valence-corrected chi connectivity index (χ2v) is 4.95. The van der Waals surface area contributed by atoms with E-state index in [1.165, 1.54) is 0 Å². The standard InChI is InChI=1S/C11H21N3O2/c1-11(2,3)8(12-4)6-10-13-9(7-15-5)14-16-10/h8,12H,6-7H2,1-5H3. The van der Waals surface area contributed by atoms with Crippen LogP contribution >= 0.6 is 0 Å². The molecular formula is C11H21N3O2. The van der Waals surface area contributed by atoms with Crippen molar-refractivity contribution in [3.05, 3.63) is 11.7 Å². The van der Waals surface area contributed by atoms with Gasteiger partial charge in [0.1, 0.15) is 6.61 Å². The average Bonchev–Trinajstić information content (AvgIpc) is 2.61. The first-order valence-corrected chi connectivity index (χ1v) is 5.45. The van der Waals surface area contributed by atoms with Gasteiger partial charge in [-0.25, -0.2) is 0 Å². The Kier molecular flexibility index (Phi) is 4.44. The van der Waals surface area contributed by atoms with Crippen LogP contribution in [0.4, 0.5) is 0 Å². The first-order chi connectivity index (χ1) is 7.47. The van der Waals surface area contributed by atoms with Crippen molar-refractivity contribution in [2.24, 2.45) is 5.41 Å². The monoisotopic (exact) mass is 227 g/mol. The minimum Gasteiger partial charge on any atom is -0.377 e. The third-order valence-corrected chi connectivity index (χ3v) is 2.56. The van der Waals surface area contributed by atoms with E-state index in [0.29, 0.717) is 24.4 Å². The molecule has 0 aliphatic rings. The molecule has 1 aromatic rings. The van der Waals surface area contributed by atoms with Crippen molar-refractivity contribution < 1.29 is 9.26 Å². The van der Waals surface area contributed by atoms with Crippen LogP contribution in [0.1, 0.15) is 32.5 Å². The van der Waals surface area contributed by atoms with E-state index in [0.717, 1.165) is 6.42 Å². The van der Waals surface area contributed by atoms with Gasteiger partial charge in [0.25, 0.3) is 0 Å². The highest BCUT2D eigenvalue weighted by Gasteiger charge is 2.25. The molecule has 0 amide bonds. The lowest BCUT2D eigenvalue weighted by atomic mass is 9.85. The van der Waals surface area contributed by atoms with Gasteiger partial charge in [-0.1, -0.05) is 25.9 Å². The highest BCUT2D eigenvalue weighted by Crippen LogP contribution is 2.21. The maximum atomic E-state index is 5.16. The van der Waals surface area contributed by atoms with E-state index >= 15 is 0 Å². The molecule has 0 saturated carbocycles. The molecule has 1 rings (SSSR count). The Hall–Kier alpha value is -0.940. The molecule has 0 aliphatic carbocycles. The van der Waals surface area contributed by atoms with Crippen LogP contribution in [-0.2, 0) is 17.8 Å². The van der Waals surface area contributed by atoms with Crippen LogP contribution in [-0.4, -0.2) is 30.3 Å². The molecule has 92 valence electrons. The van der Waals surface area contributed by atoms with Crippen molar-refractivity contribution in [2.45, 2.75) is 39.8 Å². The summed E-state index contributed by atoms with van der Waals surface area (Å²) in [6.45, 7) is 6.94. The average molecular weight is 227 g/mol. The number of aromatic nitrogens is 2. The van der Waals surface area contributed by atoms with Gasteiger partial charge in [-0.3, -0.25) is 0 Å². The zero-order valence-corrected chi connectivity index (χ0v) is 10.7. The van der Waals surface area contributed by atoms with Crippen LogP contribution in [0.3, 0.4) is 0 Å². The van der Waals surface area contributed by atoms with Crippen molar-refractivity contribution in [3.8, 4) is 0 Å². The normalized spacial score (nSPS) is 14.1. The molecule has 0 aromatic carbocycles. The first-order valence-electron chi connectivity index (χ1n) is 5.45. The highest BCUT2D eigenvalue weighted by molar-refractivity contribution is 4.92. The van der Waals surface area contributed by atoms with Crippen molar-refractivity contribution in [1.29, 1.82) is 0 Å². The second kappa shape index (κ2) is 5.41. The number of nitrogens with zero attached hydrogens (tertiary/aromatic N) is 2. The fraction of sp³-hybridized carbons (Fsp3) is 0.818. The van der Waals surface area contributed by atoms with Gasteiger partial charge in [-0.2, -0.15) is 4.98 Å². The molecule has 0 bridgehead atoms. The highest BCUT2D eigenvalue weighted by atomic mass is 16.5. The SMILES string of the molecule is CNC(Cc1nc(COC)no1)C(C)(C)C. The molecule has 0 spiro atoms. The number of rotatable bonds is 5. The molecule has 16 heavy (non-hydrogen) atoms. The maximum Gasteiger partial charge on any atom is 0.228 e. The van der Waals surface area contributed by atoms with Gasteiger partial charge in [-0.05, 0) is 12.5 Å². The summed E-state index contributed by atoms with van der Waals surface area (Å²) in [4.78, 5) is 4.26. The summed E-state index contributed by atoms with van der Waals surface area (Å²) in [7, 11) is 3.56. The summed E-state index contributed by atoms with van der Waals surface area (Å²) in [5, 5.41) is 7.11. The third-order valence-electron chi connectivity index (χ3n) is 2.56. The number of hydrogen-bond acceptors (Lipinski definition) is 5. The summed E-state index contributed by atoms with van der Waals surface area (Å²) in [6, 6.07) is 0.309. The molecular weight excluding hydrogens is 206 g/mol. The Bertz CT molecular complexity index is 317. The predicted octanol–water partition coefficient (Wildman–Crippen LogP) is 1.39. The Morgan fingerprint density at radius 2 is 2.12 bits per heavy atom. The van der Waals surface area contributed by atoms with Crippen LogP contribution in [0.2, 0.25) is 0 Å². The molecule has 0 fully saturated rings. The van der Waals surface area contributed by atoms with Crippen LogP contribution in [0.15, 0.2) is 4.52 Å². The fourth-order valence-electron chi connectivity index (χ4n) is 1.58. The van der Waals surface area contributed by atoms with E-state index in [1.54, 1.807) is 7.11 Å². The van der Waals surface area contributed by atoms with E-state index in [9.17, 15) is 0 Å². The molecule has 1 atom stereocenters. The molecule has 1 unspecified atom stereocenters. The summed E-state index contributed by atoms with van der Waals surface area (Å²) in [5.74, 6) is 1.25. The Balaban J connectivity index is 2.63. The van der Waals surface area contributed by atoms with Crippen molar-refractivity contribution in [3.63, 3.8) is 0 Å². The van der Waals surface area contributed by atoms with Crippen LogP contribution in [0.25, 0.3) is 0 Å². The van der Waals surface area contributed by atoms with Crippen molar-refractivity contribution in [1.82, 2.24) is 15.5 Å². The van der Waals surface area contributed by atoms with E-state index in [-0.39, 0.29) is 5.41 Å². The molecule has 0 aliphatic heterocycles. The first kappa shape index (κ1) is 13.1. The number of methoxy groups -OCH3 is 1. The van der Waals surface area contributed by atoms with Crippen molar-refractivity contribution >= 4 is 0 Å². The van der Waals surface area contributed by atoms with E-state index in [4.69, 9.17) is 9.26 Å². The molecule has 0 saturated heterocycles. The van der Waals surface area contributed by atoms with Gasteiger partial charge in [0.2, 0.25) is 5.89 Å². The van der Waals surface area contributed by atoms with E-state index in [1.807, 2.05) is 7.05 Å². The van der Waals surface area contributed by atoms with Gasteiger partial charge < -0.3 is 14.6 Å². The predicted molar refractivity (Wildman–Crippen MR) is 61.0 cm³/mol. The third kappa shape index (κ3) is 3.57. The van der Waals surface area contributed by atoms with Crippen molar-refractivity contribution in [2.75, 3.05) is 14.2 Å². The Morgan fingerprint density at radius 1 is 1.44 bits per heavy atom. The zero-order valence-electron chi connectivity index (χ0n) is 10.7. The summed E-state index contributed by atoms with van der Waals surface area (Å²) in [6.07, 6.45) is 0.733. The smallest absolute Gasteiger partial charge is 0.228 e.